The maximum atomic E-state index is 12.5. The standard InChI is InChI=1S/C24H23N3O5/c1-15(2)24(29)32-19-6-4-5-17(13-19)21-14-18(9-10-25-21)26-23(28)12-16-7-8-20(27-30)22(11-16)31-3/h4-11,13-15H,12H2,1-3H3,(H,25,26,28). The molecule has 8 nitrogen and oxygen atoms in total. The zero-order chi connectivity index (χ0) is 23.1. The molecule has 3 rings (SSSR count). The molecule has 32 heavy (non-hydrogen) atoms. The number of benzene rings is 2. The molecule has 3 aromatic rings. The number of nitrogens with one attached hydrogen (secondary N) is 1. The Hall–Kier alpha value is -4.07. The van der Waals surface area contributed by atoms with Crippen LogP contribution in [0, 0.1) is 10.8 Å². The number of pyridine rings is 1. The molecule has 0 aliphatic rings. The molecule has 164 valence electrons. The van der Waals surface area contributed by atoms with Gasteiger partial charge in [-0.25, -0.2) is 0 Å². The lowest BCUT2D eigenvalue weighted by atomic mass is 10.1. The Bertz CT molecular complexity index is 1140. The number of esters is 1. The van der Waals surface area contributed by atoms with Gasteiger partial charge in [-0.15, -0.1) is 4.91 Å². The van der Waals surface area contributed by atoms with Crippen molar-refractivity contribution in [3.05, 3.63) is 71.3 Å². The highest BCUT2D eigenvalue weighted by Crippen LogP contribution is 2.28. The Labute approximate surface area is 185 Å². The van der Waals surface area contributed by atoms with E-state index < -0.39 is 0 Å². The molecule has 1 N–H and O–H groups in total. The van der Waals surface area contributed by atoms with E-state index in [1.165, 1.54) is 13.2 Å². The Balaban J connectivity index is 1.72. The second-order valence-corrected chi connectivity index (χ2v) is 7.36. The number of methoxy groups -OCH3 is 1. The molecular formula is C24H23N3O5. The molecule has 1 aromatic heterocycles. The van der Waals surface area contributed by atoms with Crippen molar-refractivity contribution in [3.8, 4) is 22.8 Å². The third-order valence-electron chi connectivity index (χ3n) is 4.57. The summed E-state index contributed by atoms with van der Waals surface area (Å²) in [7, 11) is 1.44. The maximum Gasteiger partial charge on any atom is 0.313 e. The molecule has 0 radical (unpaired) electrons. The molecule has 1 amide bonds. The summed E-state index contributed by atoms with van der Waals surface area (Å²) < 4.78 is 10.5. The van der Waals surface area contributed by atoms with Crippen molar-refractivity contribution in [2.45, 2.75) is 20.3 Å². The van der Waals surface area contributed by atoms with Gasteiger partial charge in [-0.1, -0.05) is 32.0 Å². The van der Waals surface area contributed by atoms with Gasteiger partial charge in [-0.3, -0.25) is 14.6 Å². The van der Waals surface area contributed by atoms with Crippen LogP contribution in [0.4, 0.5) is 11.4 Å². The SMILES string of the molecule is COc1cc(CC(=O)Nc2ccnc(-c3cccc(OC(=O)C(C)C)c3)c2)ccc1N=O. The minimum Gasteiger partial charge on any atom is -0.494 e. The summed E-state index contributed by atoms with van der Waals surface area (Å²) in [5.41, 5.74) is 2.80. The van der Waals surface area contributed by atoms with E-state index in [-0.39, 0.29) is 29.9 Å². The number of rotatable bonds is 8. The fraction of sp³-hybridized carbons (Fsp3) is 0.208. The monoisotopic (exact) mass is 433 g/mol. The van der Waals surface area contributed by atoms with Crippen LogP contribution in [0.2, 0.25) is 0 Å². The van der Waals surface area contributed by atoms with Crippen LogP contribution in [0.15, 0.2) is 66.0 Å². The van der Waals surface area contributed by atoms with Crippen molar-refractivity contribution in [2.24, 2.45) is 11.1 Å². The van der Waals surface area contributed by atoms with E-state index in [9.17, 15) is 14.5 Å². The number of hydrogen-bond donors (Lipinski definition) is 1. The largest absolute Gasteiger partial charge is 0.494 e. The molecule has 0 unspecified atom stereocenters. The summed E-state index contributed by atoms with van der Waals surface area (Å²) in [6, 6.07) is 15.2. The van der Waals surface area contributed by atoms with Crippen LogP contribution in [-0.2, 0) is 16.0 Å². The third-order valence-corrected chi connectivity index (χ3v) is 4.57. The Morgan fingerprint density at radius 3 is 2.62 bits per heavy atom. The quantitative estimate of drug-likeness (QED) is 0.308. The van der Waals surface area contributed by atoms with Crippen LogP contribution >= 0.6 is 0 Å². The number of nitrogens with zero attached hydrogens (tertiary/aromatic N) is 2. The van der Waals surface area contributed by atoms with Crippen molar-refractivity contribution >= 4 is 23.3 Å². The zero-order valence-electron chi connectivity index (χ0n) is 18.0. The number of ether oxygens (including phenoxy) is 2. The van der Waals surface area contributed by atoms with E-state index in [4.69, 9.17) is 9.47 Å². The van der Waals surface area contributed by atoms with Gasteiger partial charge in [0, 0.05) is 17.4 Å². The molecule has 0 saturated carbocycles. The van der Waals surface area contributed by atoms with Gasteiger partial charge in [0.15, 0.2) is 0 Å². The van der Waals surface area contributed by atoms with Crippen LogP contribution in [-0.4, -0.2) is 24.0 Å². The fourth-order valence-corrected chi connectivity index (χ4v) is 2.92. The third kappa shape index (κ3) is 5.75. The Morgan fingerprint density at radius 1 is 1.09 bits per heavy atom. The molecule has 0 saturated heterocycles. The van der Waals surface area contributed by atoms with Gasteiger partial charge in [0.2, 0.25) is 5.91 Å². The van der Waals surface area contributed by atoms with Crippen molar-refractivity contribution in [2.75, 3.05) is 12.4 Å². The fourth-order valence-electron chi connectivity index (χ4n) is 2.92. The van der Waals surface area contributed by atoms with Crippen molar-refractivity contribution in [1.82, 2.24) is 4.98 Å². The lowest BCUT2D eigenvalue weighted by Gasteiger charge is -2.10. The second kappa shape index (κ2) is 10.3. The number of nitroso groups, excluding NO2 is 1. The molecular weight excluding hydrogens is 410 g/mol. The number of amides is 1. The van der Waals surface area contributed by atoms with E-state index in [2.05, 4.69) is 15.5 Å². The lowest BCUT2D eigenvalue weighted by Crippen LogP contribution is -2.15. The van der Waals surface area contributed by atoms with Gasteiger partial charge in [-0.2, -0.15) is 0 Å². The number of carbonyl (C=O) groups excluding carboxylic acids is 2. The van der Waals surface area contributed by atoms with Gasteiger partial charge < -0.3 is 14.8 Å². The first-order valence-corrected chi connectivity index (χ1v) is 9.98. The zero-order valence-corrected chi connectivity index (χ0v) is 18.0. The minimum atomic E-state index is -0.315. The van der Waals surface area contributed by atoms with E-state index in [1.54, 1.807) is 62.5 Å². The first-order chi connectivity index (χ1) is 15.4. The van der Waals surface area contributed by atoms with Gasteiger partial charge >= 0.3 is 5.97 Å². The summed E-state index contributed by atoms with van der Waals surface area (Å²) in [6.45, 7) is 3.53. The van der Waals surface area contributed by atoms with Crippen molar-refractivity contribution in [1.29, 1.82) is 0 Å². The molecule has 0 aliphatic carbocycles. The highest BCUT2D eigenvalue weighted by Gasteiger charge is 2.12. The number of anilines is 1. The van der Waals surface area contributed by atoms with E-state index in [0.29, 0.717) is 28.4 Å². The summed E-state index contributed by atoms with van der Waals surface area (Å²) in [6.07, 6.45) is 1.68. The highest BCUT2D eigenvalue weighted by molar-refractivity contribution is 5.93. The van der Waals surface area contributed by atoms with Crippen molar-refractivity contribution in [3.63, 3.8) is 0 Å². The molecule has 0 atom stereocenters. The molecule has 0 aliphatic heterocycles. The first-order valence-electron chi connectivity index (χ1n) is 9.98. The van der Waals surface area contributed by atoms with Crippen molar-refractivity contribution < 1.29 is 19.1 Å². The first kappa shape index (κ1) is 22.6. The number of carbonyl (C=O) groups is 2. The Kier molecular flexibility index (Phi) is 7.28. The minimum absolute atomic E-state index is 0.0911. The molecule has 0 fully saturated rings. The van der Waals surface area contributed by atoms with Crippen LogP contribution in [0.5, 0.6) is 11.5 Å². The predicted octanol–water partition coefficient (Wildman–Crippen LogP) is 4.90. The molecule has 0 spiro atoms. The van der Waals surface area contributed by atoms with Crippen LogP contribution in [0.1, 0.15) is 19.4 Å². The van der Waals surface area contributed by atoms with E-state index >= 15 is 0 Å². The summed E-state index contributed by atoms with van der Waals surface area (Å²) >= 11 is 0. The summed E-state index contributed by atoms with van der Waals surface area (Å²) in [5.74, 6) is -0.0456. The smallest absolute Gasteiger partial charge is 0.313 e. The van der Waals surface area contributed by atoms with Gasteiger partial charge in [0.05, 0.1) is 25.1 Å². The Morgan fingerprint density at radius 2 is 1.91 bits per heavy atom. The second-order valence-electron chi connectivity index (χ2n) is 7.36. The average Bonchev–Trinajstić information content (AvgIpc) is 2.79. The van der Waals surface area contributed by atoms with Crippen LogP contribution in [0.3, 0.4) is 0 Å². The van der Waals surface area contributed by atoms with Gasteiger partial charge in [0.25, 0.3) is 0 Å². The number of aromatic nitrogens is 1. The molecule has 1 heterocycles. The molecule has 8 heteroatoms. The lowest BCUT2D eigenvalue weighted by molar-refractivity contribution is -0.137. The van der Waals surface area contributed by atoms with E-state index in [1.807, 2.05) is 6.07 Å². The van der Waals surface area contributed by atoms with Gasteiger partial charge in [0.1, 0.15) is 17.2 Å². The summed E-state index contributed by atoms with van der Waals surface area (Å²) in [4.78, 5) is 39.5. The normalized spacial score (nSPS) is 10.5. The topological polar surface area (TPSA) is 107 Å². The molecule has 2 aromatic carbocycles. The van der Waals surface area contributed by atoms with E-state index in [0.717, 1.165) is 5.56 Å². The maximum absolute atomic E-state index is 12.5. The van der Waals surface area contributed by atoms with Crippen LogP contribution < -0.4 is 14.8 Å². The number of hydrogen-bond acceptors (Lipinski definition) is 7. The predicted molar refractivity (Wildman–Crippen MR) is 121 cm³/mol. The molecule has 0 bridgehead atoms. The summed E-state index contributed by atoms with van der Waals surface area (Å²) in [5, 5.41) is 5.73. The van der Waals surface area contributed by atoms with Gasteiger partial charge in [-0.05, 0) is 47.1 Å². The van der Waals surface area contributed by atoms with Crippen LogP contribution in [0.25, 0.3) is 11.3 Å². The average molecular weight is 433 g/mol. The highest BCUT2D eigenvalue weighted by atomic mass is 16.5.